The van der Waals surface area contributed by atoms with Gasteiger partial charge in [-0.05, 0) is 6.92 Å². The van der Waals surface area contributed by atoms with Gasteiger partial charge in [-0.2, -0.15) is 13.8 Å². The number of methoxy groups -OCH3 is 1. The summed E-state index contributed by atoms with van der Waals surface area (Å²) >= 11 is 0. The lowest BCUT2D eigenvalue weighted by Crippen LogP contribution is -2.39. The zero-order chi connectivity index (χ0) is 22.6. The molecule has 0 radical (unpaired) electrons. The van der Waals surface area contributed by atoms with Crippen LogP contribution in [0.1, 0.15) is 39.4 Å². The number of pyridine rings is 1. The zero-order valence-corrected chi connectivity index (χ0v) is 17.7. The summed E-state index contributed by atoms with van der Waals surface area (Å²) < 4.78 is 44.5. The Hall–Kier alpha value is -3.08. The number of carbonyl (C=O) groups is 1. The molecule has 0 unspecified atom stereocenters. The Morgan fingerprint density at radius 2 is 1.97 bits per heavy atom. The molecule has 0 atom stereocenters. The Morgan fingerprint density at radius 1 is 1.23 bits per heavy atom. The maximum Gasteiger partial charge on any atom is 0.304 e. The number of ether oxygens (including phenoxy) is 3. The largest absolute Gasteiger partial charge is 0.490 e. The van der Waals surface area contributed by atoms with Crippen molar-refractivity contribution in [2.75, 3.05) is 24.4 Å². The first-order valence-electron chi connectivity index (χ1n) is 9.82. The van der Waals surface area contributed by atoms with E-state index in [1.165, 1.54) is 25.3 Å². The molecule has 1 aliphatic rings. The van der Waals surface area contributed by atoms with Crippen molar-refractivity contribution in [3.05, 3.63) is 24.2 Å². The molecule has 11 heteroatoms. The van der Waals surface area contributed by atoms with E-state index in [1.807, 2.05) is 0 Å². The number of alkyl halides is 2. The van der Waals surface area contributed by atoms with Crippen LogP contribution in [-0.4, -0.2) is 46.8 Å². The second-order valence-electron chi connectivity index (χ2n) is 7.18. The predicted molar refractivity (Wildman–Crippen MR) is 109 cm³/mol. The molecule has 2 heterocycles. The van der Waals surface area contributed by atoms with Crippen LogP contribution in [0.3, 0.4) is 0 Å². The van der Waals surface area contributed by atoms with Crippen LogP contribution in [0.15, 0.2) is 18.3 Å². The number of amides is 1. The van der Waals surface area contributed by atoms with Gasteiger partial charge < -0.3 is 24.8 Å². The van der Waals surface area contributed by atoms with Gasteiger partial charge >= 0.3 is 5.92 Å². The topological polar surface area (TPSA) is 107 Å². The van der Waals surface area contributed by atoms with Crippen LogP contribution < -0.4 is 20.1 Å². The van der Waals surface area contributed by atoms with Gasteiger partial charge in [-0.3, -0.25) is 4.79 Å². The third kappa shape index (κ3) is 5.97. The summed E-state index contributed by atoms with van der Waals surface area (Å²) in [6.07, 6.45) is 2.65. The maximum atomic E-state index is 14.0. The molecule has 31 heavy (non-hydrogen) atoms. The van der Waals surface area contributed by atoms with Crippen molar-refractivity contribution in [2.24, 2.45) is 0 Å². The van der Waals surface area contributed by atoms with Crippen molar-refractivity contribution in [3.8, 4) is 11.6 Å². The Morgan fingerprint density at radius 3 is 2.58 bits per heavy atom. The van der Waals surface area contributed by atoms with E-state index in [2.05, 4.69) is 25.6 Å². The first-order valence-corrected chi connectivity index (χ1v) is 9.82. The number of rotatable bonds is 9. The van der Waals surface area contributed by atoms with Crippen molar-refractivity contribution >= 4 is 23.2 Å². The molecule has 1 aliphatic carbocycles. The van der Waals surface area contributed by atoms with Gasteiger partial charge in [0.25, 0.3) is 0 Å². The number of nitrogens with zero attached hydrogens (tertiary/aromatic N) is 3. The highest BCUT2D eigenvalue weighted by atomic mass is 19.3. The second-order valence-corrected chi connectivity index (χ2v) is 7.18. The Kier molecular flexibility index (Phi) is 6.84. The average Bonchev–Trinajstić information content (AvgIpc) is 2.65. The first-order chi connectivity index (χ1) is 14.7. The van der Waals surface area contributed by atoms with Gasteiger partial charge in [0.2, 0.25) is 17.6 Å². The fourth-order valence-corrected chi connectivity index (χ4v) is 2.92. The highest BCUT2D eigenvalue weighted by molar-refractivity contribution is 5.88. The lowest BCUT2D eigenvalue weighted by molar-refractivity contribution is -0.114. The molecule has 0 saturated heterocycles. The molecule has 9 nitrogen and oxygen atoms in total. The summed E-state index contributed by atoms with van der Waals surface area (Å²) in [5.74, 6) is -3.50. The minimum atomic E-state index is -3.27. The normalized spacial score (nSPS) is 18.1. The average molecular weight is 437 g/mol. The van der Waals surface area contributed by atoms with Crippen LogP contribution in [0.4, 0.5) is 26.1 Å². The third-order valence-corrected chi connectivity index (χ3v) is 4.50. The van der Waals surface area contributed by atoms with E-state index in [-0.39, 0.29) is 35.6 Å². The Balaban J connectivity index is 1.90. The summed E-state index contributed by atoms with van der Waals surface area (Å²) in [5.41, 5.74) is 0.388. The molecule has 0 spiro atoms. The zero-order valence-electron chi connectivity index (χ0n) is 17.7. The Labute approximate surface area is 178 Å². The van der Waals surface area contributed by atoms with Crippen LogP contribution in [0.5, 0.6) is 11.6 Å². The quantitative estimate of drug-likeness (QED) is 0.612. The lowest BCUT2D eigenvalue weighted by atomic mass is 9.92. The lowest BCUT2D eigenvalue weighted by Gasteiger charge is -2.33. The van der Waals surface area contributed by atoms with E-state index in [0.29, 0.717) is 37.8 Å². The Bertz CT molecular complexity index is 932. The van der Waals surface area contributed by atoms with Gasteiger partial charge in [-0.1, -0.05) is 0 Å². The van der Waals surface area contributed by atoms with Crippen LogP contribution in [0.25, 0.3) is 0 Å². The van der Waals surface area contributed by atoms with Gasteiger partial charge in [0, 0.05) is 45.9 Å². The second kappa shape index (κ2) is 9.38. The van der Waals surface area contributed by atoms with Crippen molar-refractivity contribution in [1.29, 1.82) is 0 Å². The standard InChI is InChI=1S/C20H25F2N5O4/c1-5-30-15-10-23-16(24-11(2)28)8-14(15)25-17-9-18(27-19(26-17)20(3,21)22)31-13-6-12(7-13)29-4/h8-10,12-13H,5-7H2,1-4H3,(H2,23,24,25,26,27,28). The molecule has 1 saturated carbocycles. The molecule has 0 aromatic carbocycles. The van der Waals surface area contributed by atoms with Crippen molar-refractivity contribution < 1.29 is 27.8 Å². The molecule has 0 aliphatic heterocycles. The summed E-state index contributed by atoms with van der Waals surface area (Å²) in [6, 6.07) is 2.96. The molecule has 2 aromatic heterocycles. The van der Waals surface area contributed by atoms with Gasteiger partial charge in [-0.25, -0.2) is 9.97 Å². The number of nitrogens with one attached hydrogen (secondary N) is 2. The highest BCUT2D eigenvalue weighted by Crippen LogP contribution is 2.33. The number of hydrogen-bond donors (Lipinski definition) is 2. The van der Waals surface area contributed by atoms with Crippen LogP contribution in [0, 0.1) is 0 Å². The van der Waals surface area contributed by atoms with Crippen molar-refractivity contribution in [3.63, 3.8) is 0 Å². The van der Waals surface area contributed by atoms with Crippen molar-refractivity contribution in [2.45, 2.75) is 51.7 Å². The number of carbonyl (C=O) groups excluding carboxylic acids is 1. The smallest absolute Gasteiger partial charge is 0.304 e. The highest BCUT2D eigenvalue weighted by Gasteiger charge is 2.33. The van der Waals surface area contributed by atoms with E-state index in [0.717, 1.165) is 0 Å². The molecule has 1 amide bonds. The van der Waals surface area contributed by atoms with Gasteiger partial charge in [-0.15, -0.1) is 0 Å². The molecular formula is C20H25F2N5O4. The molecule has 3 rings (SSSR count). The van der Waals surface area contributed by atoms with Crippen LogP contribution in [-0.2, 0) is 15.5 Å². The first kappa shape index (κ1) is 22.6. The van der Waals surface area contributed by atoms with Gasteiger partial charge in [0.1, 0.15) is 17.7 Å². The summed E-state index contributed by atoms with van der Waals surface area (Å²) in [4.78, 5) is 23.2. The van der Waals surface area contributed by atoms with E-state index in [9.17, 15) is 13.6 Å². The maximum absolute atomic E-state index is 14.0. The summed E-state index contributed by atoms with van der Waals surface area (Å²) in [5, 5.41) is 5.51. The SMILES string of the molecule is CCOc1cnc(NC(C)=O)cc1Nc1cc(OC2CC(OC)C2)nc(C(C)(F)F)n1. The molecule has 1 fully saturated rings. The van der Waals surface area contributed by atoms with Crippen LogP contribution in [0.2, 0.25) is 0 Å². The third-order valence-electron chi connectivity index (χ3n) is 4.50. The predicted octanol–water partition coefficient (Wildman–Crippen LogP) is 3.64. The molecule has 2 N–H and O–H groups in total. The summed E-state index contributed by atoms with van der Waals surface area (Å²) in [7, 11) is 1.61. The van der Waals surface area contributed by atoms with Crippen molar-refractivity contribution in [1.82, 2.24) is 15.0 Å². The van der Waals surface area contributed by atoms with Gasteiger partial charge in [0.05, 0.1) is 24.6 Å². The minimum absolute atomic E-state index is 0.0303. The van der Waals surface area contributed by atoms with E-state index >= 15 is 0 Å². The number of halogens is 2. The molecule has 2 aromatic rings. The monoisotopic (exact) mass is 437 g/mol. The van der Waals surface area contributed by atoms with E-state index in [1.54, 1.807) is 14.0 Å². The molecular weight excluding hydrogens is 412 g/mol. The van der Waals surface area contributed by atoms with E-state index in [4.69, 9.17) is 14.2 Å². The fraction of sp³-hybridized carbons (Fsp3) is 0.500. The van der Waals surface area contributed by atoms with E-state index < -0.39 is 11.7 Å². The number of anilines is 3. The molecule has 0 bridgehead atoms. The molecule has 168 valence electrons. The van der Waals surface area contributed by atoms with Crippen LogP contribution >= 0.6 is 0 Å². The van der Waals surface area contributed by atoms with Gasteiger partial charge in [0.15, 0.2) is 5.75 Å². The fourth-order valence-electron chi connectivity index (χ4n) is 2.92. The number of hydrogen-bond acceptors (Lipinski definition) is 8. The minimum Gasteiger partial charge on any atom is -0.490 e. The summed E-state index contributed by atoms with van der Waals surface area (Å²) in [6.45, 7) is 4.22. The number of aromatic nitrogens is 3.